The van der Waals surface area contributed by atoms with Crippen LogP contribution in [0.1, 0.15) is 20.3 Å². The van der Waals surface area contributed by atoms with E-state index in [2.05, 4.69) is 0 Å². The Morgan fingerprint density at radius 2 is 1.76 bits per heavy atom. The summed E-state index contributed by atoms with van der Waals surface area (Å²) < 4.78 is 0. The summed E-state index contributed by atoms with van der Waals surface area (Å²) in [5.41, 5.74) is 0.646. The van der Waals surface area contributed by atoms with E-state index < -0.39 is 0 Å². The van der Waals surface area contributed by atoms with Gasteiger partial charge in [0, 0.05) is 19.0 Å². The molecule has 3 amide bonds. The van der Waals surface area contributed by atoms with Crippen LogP contribution >= 0.6 is 0 Å². The molecule has 1 aliphatic heterocycles. The minimum absolute atomic E-state index is 0.113. The zero-order chi connectivity index (χ0) is 12.4. The summed E-state index contributed by atoms with van der Waals surface area (Å²) in [5, 5.41) is 0. The first-order chi connectivity index (χ1) is 8.11. The highest BCUT2D eigenvalue weighted by Crippen LogP contribution is 2.21. The molecule has 1 aromatic carbocycles. The first kappa shape index (κ1) is 11.6. The summed E-state index contributed by atoms with van der Waals surface area (Å²) >= 11 is 0. The Hall–Kier alpha value is -1.84. The second-order valence-electron chi connectivity index (χ2n) is 4.38. The fraction of sp³-hybridized carbons (Fsp3) is 0.385. The van der Waals surface area contributed by atoms with E-state index in [9.17, 15) is 9.59 Å². The molecule has 0 aromatic heterocycles. The van der Waals surface area contributed by atoms with Gasteiger partial charge in [0.15, 0.2) is 0 Å². The second-order valence-corrected chi connectivity index (χ2v) is 4.38. The van der Waals surface area contributed by atoms with E-state index in [1.54, 1.807) is 17.0 Å². The normalized spacial score (nSPS) is 16.9. The summed E-state index contributed by atoms with van der Waals surface area (Å²) in [6, 6.07) is 8.96. The molecule has 0 unspecified atom stereocenters. The predicted molar refractivity (Wildman–Crippen MR) is 65.8 cm³/mol. The summed E-state index contributed by atoms with van der Waals surface area (Å²) in [4.78, 5) is 27.0. The van der Waals surface area contributed by atoms with Crippen molar-refractivity contribution in [1.82, 2.24) is 4.90 Å². The van der Waals surface area contributed by atoms with Gasteiger partial charge >= 0.3 is 6.03 Å². The van der Waals surface area contributed by atoms with Crippen LogP contribution in [0.4, 0.5) is 10.5 Å². The standard InChI is InChI=1S/C13H16N2O2/c1-10(2)14-9-8-12(16)15(13(14)17)11-6-4-3-5-7-11/h3-7,10H,8-9H2,1-2H3. The van der Waals surface area contributed by atoms with Crippen molar-refractivity contribution in [3.8, 4) is 0 Å². The van der Waals surface area contributed by atoms with Gasteiger partial charge in [0.1, 0.15) is 0 Å². The third-order valence-corrected chi connectivity index (χ3v) is 2.89. The molecule has 1 heterocycles. The minimum Gasteiger partial charge on any atom is -0.321 e. The molecule has 0 bridgehead atoms. The third kappa shape index (κ3) is 2.16. The van der Waals surface area contributed by atoms with Gasteiger partial charge in [-0.3, -0.25) is 4.79 Å². The molecular formula is C13H16N2O2. The number of para-hydroxylation sites is 1. The van der Waals surface area contributed by atoms with Crippen LogP contribution in [0, 0.1) is 0 Å². The van der Waals surface area contributed by atoms with Crippen LogP contribution in [0.5, 0.6) is 0 Å². The molecule has 4 heteroatoms. The maximum absolute atomic E-state index is 12.2. The molecule has 1 saturated heterocycles. The molecule has 0 spiro atoms. The summed E-state index contributed by atoms with van der Waals surface area (Å²) in [5.74, 6) is -0.127. The van der Waals surface area contributed by atoms with Crippen molar-refractivity contribution in [3.63, 3.8) is 0 Å². The van der Waals surface area contributed by atoms with Crippen molar-refractivity contribution in [2.24, 2.45) is 0 Å². The van der Waals surface area contributed by atoms with E-state index in [-0.39, 0.29) is 18.0 Å². The zero-order valence-corrected chi connectivity index (χ0v) is 10.1. The predicted octanol–water partition coefficient (Wildman–Crippen LogP) is 2.25. The number of urea groups is 1. The van der Waals surface area contributed by atoms with Crippen LogP contribution in [0.25, 0.3) is 0 Å². The number of carbonyl (C=O) groups excluding carboxylic acids is 2. The minimum atomic E-state index is -0.220. The van der Waals surface area contributed by atoms with Gasteiger partial charge in [0.25, 0.3) is 0 Å². The van der Waals surface area contributed by atoms with Crippen molar-refractivity contribution in [2.45, 2.75) is 26.3 Å². The van der Waals surface area contributed by atoms with Gasteiger partial charge in [-0.25, -0.2) is 9.69 Å². The number of benzene rings is 1. The first-order valence-electron chi connectivity index (χ1n) is 5.80. The number of imide groups is 1. The Kier molecular flexibility index (Phi) is 3.13. The highest BCUT2D eigenvalue weighted by Gasteiger charge is 2.34. The lowest BCUT2D eigenvalue weighted by Gasteiger charge is -2.36. The quantitative estimate of drug-likeness (QED) is 0.784. The SMILES string of the molecule is CC(C)N1CCC(=O)N(c2ccccc2)C1=O. The lowest BCUT2D eigenvalue weighted by atomic mass is 10.2. The van der Waals surface area contributed by atoms with Crippen molar-refractivity contribution in [2.75, 3.05) is 11.4 Å². The maximum atomic E-state index is 12.2. The molecule has 90 valence electrons. The molecule has 17 heavy (non-hydrogen) atoms. The Bertz CT molecular complexity index is 428. The topological polar surface area (TPSA) is 40.6 Å². The number of anilines is 1. The summed E-state index contributed by atoms with van der Waals surface area (Å²) in [6.07, 6.45) is 0.388. The molecule has 1 aromatic rings. The van der Waals surface area contributed by atoms with Crippen LogP contribution in [-0.2, 0) is 4.79 Å². The summed E-state index contributed by atoms with van der Waals surface area (Å²) in [6.45, 7) is 4.42. The molecule has 0 aliphatic carbocycles. The van der Waals surface area contributed by atoms with E-state index in [1.807, 2.05) is 32.0 Å². The van der Waals surface area contributed by atoms with Gasteiger partial charge in [-0.2, -0.15) is 0 Å². The average molecular weight is 232 g/mol. The van der Waals surface area contributed by atoms with Crippen molar-refractivity contribution < 1.29 is 9.59 Å². The van der Waals surface area contributed by atoms with Crippen LogP contribution in [0.3, 0.4) is 0 Å². The molecule has 0 radical (unpaired) electrons. The number of carbonyl (C=O) groups is 2. The van der Waals surface area contributed by atoms with Crippen molar-refractivity contribution in [3.05, 3.63) is 30.3 Å². The highest BCUT2D eigenvalue weighted by molar-refractivity contribution is 6.15. The van der Waals surface area contributed by atoms with Crippen molar-refractivity contribution in [1.29, 1.82) is 0 Å². The van der Waals surface area contributed by atoms with Gasteiger partial charge in [-0.15, -0.1) is 0 Å². The monoisotopic (exact) mass is 232 g/mol. The highest BCUT2D eigenvalue weighted by atomic mass is 16.2. The number of hydrogen-bond donors (Lipinski definition) is 0. The number of rotatable bonds is 2. The largest absolute Gasteiger partial charge is 0.331 e. The Morgan fingerprint density at radius 1 is 1.12 bits per heavy atom. The van der Waals surface area contributed by atoms with Gasteiger partial charge < -0.3 is 4.90 Å². The average Bonchev–Trinajstić information content (AvgIpc) is 2.30. The molecule has 0 atom stereocenters. The van der Waals surface area contributed by atoms with Crippen LogP contribution in [0.2, 0.25) is 0 Å². The van der Waals surface area contributed by atoms with E-state index in [0.717, 1.165) is 0 Å². The third-order valence-electron chi connectivity index (χ3n) is 2.89. The number of amides is 3. The molecule has 0 saturated carbocycles. The Morgan fingerprint density at radius 3 is 2.35 bits per heavy atom. The lowest BCUT2D eigenvalue weighted by Crippen LogP contribution is -2.54. The van der Waals surface area contributed by atoms with Gasteiger partial charge in [-0.05, 0) is 26.0 Å². The van der Waals surface area contributed by atoms with E-state index in [0.29, 0.717) is 18.7 Å². The number of nitrogens with zero attached hydrogens (tertiary/aromatic N) is 2. The molecule has 2 rings (SSSR count). The number of hydrogen-bond acceptors (Lipinski definition) is 2. The van der Waals surface area contributed by atoms with Gasteiger partial charge in [-0.1, -0.05) is 18.2 Å². The Balaban J connectivity index is 2.31. The van der Waals surface area contributed by atoms with E-state index in [1.165, 1.54) is 4.90 Å². The van der Waals surface area contributed by atoms with Crippen LogP contribution < -0.4 is 4.90 Å². The fourth-order valence-electron chi connectivity index (χ4n) is 1.97. The van der Waals surface area contributed by atoms with E-state index in [4.69, 9.17) is 0 Å². The second kappa shape index (κ2) is 4.57. The first-order valence-corrected chi connectivity index (χ1v) is 5.80. The fourth-order valence-corrected chi connectivity index (χ4v) is 1.97. The van der Waals surface area contributed by atoms with Crippen molar-refractivity contribution >= 4 is 17.6 Å². The molecular weight excluding hydrogens is 216 g/mol. The molecule has 4 nitrogen and oxygen atoms in total. The van der Waals surface area contributed by atoms with Crippen LogP contribution in [0.15, 0.2) is 30.3 Å². The van der Waals surface area contributed by atoms with Crippen LogP contribution in [-0.4, -0.2) is 29.4 Å². The zero-order valence-electron chi connectivity index (χ0n) is 10.1. The molecule has 0 N–H and O–H groups in total. The Labute approximate surface area is 101 Å². The lowest BCUT2D eigenvalue weighted by molar-refractivity contribution is -0.119. The smallest absolute Gasteiger partial charge is 0.321 e. The maximum Gasteiger partial charge on any atom is 0.331 e. The molecule has 1 aliphatic rings. The van der Waals surface area contributed by atoms with E-state index >= 15 is 0 Å². The van der Waals surface area contributed by atoms with Gasteiger partial charge in [0.05, 0.1) is 5.69 Å². The van der Waals surface area contributed by atoms with Gasteiger partial charge in [0.2, 0.25) is 5.91 Å². The summed E-state index contributed by atoms with van der Waals surface area (Å²) in [7, 11) is 0. The molecule has 1 fully saturated rings.